The van der Waals surface area contributed by atoms with Crippen LogP contribution in [0, 0.1) is 17.3 Å². The van der Waals surface area contributed by atoms with E-state index in [2.05, 4.69) is 64.9 Å². The van der Waals surface area contributed by atoms with Crippen LogP contribution in [0.25, 0.3) is 33.3 Å². The summed E-state index contributed by atoms with van der Waals surface area (Å²) in [7, 11) is 3.36. The van der Waals surface area contributed by atoms with Gasteiger partial charge in [0, 0.05) is 86.9 Å². The number of aryl methyl sites for hydroxylation is 1. The Morgan fingerprint density at radius 3 is 2.59 bits per heavy atom. The van der Waals surface area contributed by atoms with E-state index < -0.39 is 41.3 Å². The molecule has 7 atom stereocenters. The highest BCUT2D eigenvalue weighted by Crippen LogP contribution is 2.42. The third-order valence-corrected chi connectivity index (χ3v) is 14.2. The molecule has 66 heavy (non-hydrogen) atoms. The van der Waals surface area contributed by atoms with Crippen LogP contribution in [-0.4, -0.2) is 119 Å². The molecule has 6 bridgehead atoms. The number of nitrogens with one attached hydrogen (secondary N) is 4. The third kappa shape index (κ3) is 9.45. The number of fused-ring (bicyclic) bond motifs is 7. The lowest BCUT2D eigenvalue weighted by Gasteiger charge is -2.38. The molecule has 0 unspecified atom stereocenters. The summed E-state index contributed by atoms with van der Waals surface area (Å²) in [6.45, 7) is 14.8. The number of hydrogen-bond acceptors (Lipinski definition) is 11. The second kappa shape index (κ2) is 19.5. The van der Waals surface area contributed by atoms with Gasteiger partial charge in [-0.25, -0.2) is 5.43 Å². The largest absolute Gasteiger partial charge is 0.508 e. The van der Waals surface area contributed by atoms with Gasteiger partial charge in [-0.2, -0.15) is 0 Å². The third-order valence-electron chi connectivity index (χ3n) is 14.2. The quantitative estimate of drug-likeness (QED) is 0.138. The molecule has 4 aromatic rings. The van der Waals surface area contributed by atoms with E-state index in [0.29, 0.717) is 44.3 Å². The summed E-state index contributed by atoms with van der Waals surface area (Å²) in [5.74, 6) is -1.98. The lowest BCUT2D eigenvalue weighted by molar-refractivity contribution is -0.155. The number of carbonyl (C=O) groups excluding carboxylic acids is 4. The van der Waals surface area contributed by atoms with Crippen LogP contribution in [0.15, 0.2) is 54.7 Å². The summed E-state index contributed by atoms with van der Waals surface area (Å²) in [4.78, 5) is 63.9. The molecular formula is C51H68N8O7. The molecule has 0 radical (unpaired) electrons. The van der Waals surface area contributed by atoms with Gasteiger partial charge in [-0.3, -0.25) is 29.2 Å². The number of aromatic nitrogens is 2. The van der Waals surface area contributed by atoms with Crippen molar-refractivity contribution in [3.05, 3.63) is 71.5 Å². The van der Waals surface area contributed by atoms with E-state index in [1.54, 1.807) is 37.4 Å². The van der Waals surface area contributed by atoms with Gasteiger partial charge in [0.05, 0.1) is 30.0 Å². The zero-order chi connectivity index (χ0) is 47.0. The number of hydrogen-bond donors (Lipinski definition) is 5. The number of nitrogens with zero attached hydrogens (tertiary/aromatic N) is 4. The van der Waals surface area contributed by atoms with E-state index >= 15 is 0 Å². The minimum atomic E-state index is -1.12. The summed E-state index contributed by atoms with van der Waals surface area (Å²) in [6, 6.07) is 13.0. The minimum Gasteiger partial charge on any atom is -0.508 e. The van der Waals surface area contributed by atoms with E-state index in [9.17, 15) is 24.3 Å². The Morgan fingerprint density at radius 2 is 1.83 bits per heavy atom. The molecule has 2 aromatic carbocycles. The van der Waals surface area contributed by atoms with Gasteiger partial charge in [0.15, 0.2) is 0 Å². The number of carbonyl (C=O) groups is 4. The first-order valence-corrected chi connectivity index (χ1v) is 23.8. The second-order valence-electron chi connectivity index (χ2n) is 19.9. The molecule has 1 aliphatic carbocycles. The van der Waals surface area contributed by atoms with E-state index in [1.807, 2.05) is 39.0 Å². The average molecular weight is 905 g/mol. The SMILES string of the molecule is CCn1c(-c2cccnc2[C@H](C)OC)c2c3cc(ccc31)-c1cc(O)cc(c1)C[C@H](NC(=O)[C@H](C(C)C)N(C)C(=O)[C@H]1CC[C@H]3NCCN[C@@H]13)C(=O)N1CCC[C@H](N1)C(=O)OCC(C)(C)C2. The van der Waals surface area contributed by atoms with Crippen molar-refractivity contribution >= 4 is 34.6 Å². The number of aromatic hydroxyl groups is 1. The number of phenolic OH excluding ortho intramolecular Hbond substituents is 1. The van der Waals surface area contributed by atoms with Gasteiger partial charge in [0.25, 0.3) is 5.91 Å². The Hall–Kier alpha value is -5.35. The lowest BCUT2D eigenvalue weighted by atomic mass is 9.84. The van der Waals surface area contributed by atoms with Crippen LogP contribution in [0.4, 0.5) is 0 Å². The van der Waals surface area contributed by atoms with E-state index in [1.165, 1.54) is 5.01 Å². The van der Waals surface area contributed by atoms with Crippen molar-refractivity contribution in [3.63, 3.8) is 0 Å². The highest BCUT2D eigenvalue weighted by atomic mass is 16.5. The van der Waals surface area contributed by atoms with Crippen LogP contribution < -0.4 is 21.4 Å². The molecule has 15 nitrogen and oxygen atoms in total. The van der Waals surface area contributed by atoms with Gasteiger partial charge < -0.3 is 40.0 Å². The normalized spacial score (nSPS) is 24.3. The fraction of sp³-hybridized carbons (Fsp3) is 0.549. The molecular weight excluding hydrogens is 837 g/mol. The van der Waals surface area contributed by atoms with E-state index in [0.717, 1.165) is 64.1 Å². The molecule has 0 spiro atoms. The number of ether oxygens (including phenoxy) is 2. The number of esters is 1. The molecule has 5 N–H and O–H groups in total. The molecule has 2 saturated heterocycles. The molecule has 1 saturated carbocycles. The summed E-state index contributed by atoms with van der Waals surface area (Å²) in [5, 5.41) is 23.9. The van der Waals surface area contributed by atoms with Gasteiger partial charge in [-0.05, 0) is 111 Å². The lowest BCUT2D eigenvalue weighted by Crippen LogP contribution is -2.62. The fourth-order valence-electron chi connectivity index (χ4n) is 10.9. The zero-order valence-electron chi connectivity index (χ0n) is 39.8. The first-order valence-electron chi connectivity index (χ1n) is 23.8. The molecule has 2 aromatic heterocycles. The number of likely N-dealkylation sites (N-methyl/N-ethyl adjacent to an activating group) is 1. The summed E-state index contributed by atoms with van der Waals surface area (Å²) >= 11 is 0. The molecule has 15 heteroatoms. The number of benzene rings is 2. The number of rotatable bonds is 9. The minimum absolute atomic E-state index is 0.0107. The summed E-state index contributed by atoms with van der Waals surface area (Å²) < 4.78 is 14.3. The fourth-order valence-corrected chi connectivity index (χ4v) is 10.9. The van der Waals surface area contributed by atoms with Gasteiger partial charge >= 0.3 is 5.97 Å². The maximum atomic E-state index is 14.8. The highest BCUT2D eigenvalue weighted by molar-refractivity contribution is 5.96. The van der Waals surface area contributed by atoms with Gasteiger partial charge in [0.1, 0.15) is 23.9 Å². The Kier molecular flexibility index (Phi) is 13.9. The van der Waals surface area contributed by atoms with Crippen LogP contribution in [0.1, 0.15) is 90.2 Å². The van der Waals surface area contributed by atoms with Crippen LogP contribution in [0.3, 0.4) is 0 Å². The monoisotopic (exact) mass is 905 g/mol. The molecule has 3 aliphatic heterocycles. The second-order valence-corrected chi connectivity index (χ2v) is 19.9. The first kappa shape index (κ1) is 47.2. The van der Waals surface area contributed by atoms with Crippen molar-refractivity contribution in [2.45, 2.75) is 123 Å². The summed E-state index contributed by atoms with van der Waals surface area (Å²) in [6.07, 6.45) is 4.68. The number of phenols is 1. The number of cyclic esters (lactones) is 1. The maximum absolute atomic E-state index is 14.8. The van der Waals surface area contributed by atoms with Crippen molar-refractivity contribution in [2.24, 2.45) is 17.3 Å². The standard InChI is InChI=1S/C51H68N8O7/c1-9-58-42-17-14-32-26-37(42)38(46(58)35-12-10-18-53-43(35)30(4)65-8)27-51(5,6)28-66-50(64)40-13-11-21-59(56-40)49(63)41(24-31-22-33(32)25-34(60)23-31)55-47(61)45(29(2)3)57(7)48(62)36-15-16-39-44(36)54-20-19-52-39/h10,12,14,17-18,22-23,25-26,29-30,36,39-41,44-45,52,54,56,60H,9,11,13,15-16,19-21,24,27-28H2,1-8H3,(H,55,61)/t30-,36-,39+,40-,41-,44-,45-/m0/s1. The molecule has 8 rings (SSSR count). The van der Waals surface area contributed by atoms with Crippen LogP contribution >= 0.6 is 0 Å². The Bertz CT molecular complexity index is 2470. The Balaban J connectivity index is 1.20. The Morgan fingerprint density at radius 1 is 1.05 bits per heavy atom. The van der Waals surface area contributed by atoms with Gasteiger partial charge in [-0.15, -0.1) is 0 Å². The Labute approximate surface area is 388 Å². The van der Waals surface area contributed by atoms with Crippen molar-refractivity contribution in [2.75, 3.05) is 40.4 Å². The van der Waals surface area contributed by atoms with Gasteiger partial charge in [-0.1, -0.05) is 39.8 Å². The zero-order valence-corrected chi connectivity index (χ0v) is 39.8. The molecule has 3 amide bonds. The van der Waals surface area contributed by atoms with Gasteiger partial charge in [0.2, 0.25) is 11.8 Å². The predicted molar refractivity (Wildman–Crippen MR) is 253 cm³/mol. The maximum Gasteiger partial charge on any atom is 0.324 e. The van der Waals surface area contributed by atoms with Crippen molar-refractivity contribution in [1.82, 2.24) is 40.8 Å². The number of amides is 3. The van der Waals surface area contributed by atoms with Crippen LogP contribution in [0.5, 0.6) is 5.75 Å². The van der Waals surface area contributed by atoms with E-state index in [4.69, 9.17) is 14.5 Å². The molecule has 5 heterocycles. The number of methoxy groups -OCH3 is 1. The average Bonchev–Trinajstić information content (AvgIpc) is 3.87. The van der Waals surface area contributed by atoms with Crippen LogP contribution in [-0.2, 0) is 48.0 Å². The van der Waals surface area contributed by atoms with E-state index in [-0.39, 0.29) is 54.7 Å². The number of piperazine rings is 1. The van der Waals surface area contributed by atoms with Crippen molar-refractivity contribution in [1.29, 1.82) is 0 Å². The smallest absolute Gasteiger partial charge is 0.324 e. The molecule has 354 valence electrons. The van der Waals surface area contributed by atoms with Crippen LogP contribution in [0.2, 0.25) is 0 Å². The number of hydrazine groups is 1. The van der Waals surface area contributed by atoms with Crippen molar-refractivity contribution < 1.29 is 33.8 Å². The molecule has 3 fully saturated rings. The highest BCUT2D eigenvalue weighted by Gasteiger charge is 2.45. The predicted octanol–water partition coefficient (Wildman–Crippen LogP) is 5.27. The summed E-state index contributed by atoms with van der Waals surface area (Å²) in [5.41, 5.74) is 9.74. The number of pyridine rings is 1. The first-order chi connectivity index (χ1) is 31.6. The topological polar surface area (TPSA) is 179 Å². The van der Waals surface area contributed by atoms with Crippen molar-refractivity contribution in [3.8, 4) is 28.1 Å². The molecule has 4 aliphatic rings.